The third-order valence-corrected chi connectivity index (χ3v) is 2.26. The molecule has 0 aliphatic rings. The molecule has 0 atom stereocenters. The van der Waals surface area contributed by atoms with Crippen molar-refractivity contribution in [2.75, 3.05) is 7.11 Å². The molecule has 0 saturated heterocycles. The van der Waals surface area contributed by atoms with Crippen LogP contribution in [0, 0.1) is 0 Å². The lowest BCUT2D eigenvalue weighted by atomic mass is 10.3. The van der Waals surface area contributed by atoms with Crippen molar-refractivity contribution >= 4 is 29.2 Å². The summed E-state index contributed by atoms with van der Waals surface area (Å²) in [6, 6.07) is 3.05. The highest BCUT2D eigenvalue weighted by atomic mass is 35.5. The number of methoxy groups -OCH3 is 1. The van der Waals surface area contributed by atoms with Gasteiger partial charge in [0.2, 0.25) is 0 Å². The molecule has 0 amide bonds. The summed E-state index contributed by atoms with van der Waals surface area (Å²) in [5.74, 6) is 0.0745. The molecule has 0 unspecified atom stereocenters. The molecule has 0 spiro atoms. The van der Waals surface area contributed by atoms with E-state index in [-0.39, 0.29) is 16.5 Å². The first-order chi connectivity index (χ1) is 6.56. The van der Waals surface area contributed by atoms with Crippen LogP contribution in [0.1, 0.15) is 6.92 Å². The van der Waals surface area contributed by atoms with E-state index in [1.165, 1.54) is 26.2 Å². The first kappa shape index (κ1) is 11.1. The van der Waals surface area contributed by atoms with Crippen LogP contribution in [0.4, 0.5) is 0 Å². The smallest absolute Gasteiger partial charge is 0.308 e. The van der Waals surface area contributed by atoms with Crippen molar-refractivity contribution in [3.8, 4) is 11.5 Å². The van der Waals surface area contributed by atoms with Gasteiger partial charge in [0.25, 0.3) is 0 Å². The number of ether oxygens (including phenoxy) is 2. The molecule has 3 nitrogen and oxygen atoms in total. The number of hydrogen-bond donors (Lipinski definition) is 0. The first-order valence-electron chi connectivity index (χ1n) is 3.76. The van der Waals surface area contributed by atoms with Crippen LogP contribution in [-0.2, 0) is 4.79 Å². The third kappa shape index (κ3) is 2.30. The lowest BCUT2D eigenvalue weighted by molar-refractivity contribution is -0.132. The maximum absolute atomic E-state index is 10.7. The second-order valence-corrected chi connectivity index (χ2v) is 3.27. The zero-order chi connectivity index (χ0) is 10.7. The van der Waals surface area contributed by atoms with Gasteiger partial charge in [0.15, 0.2) is 11.5 Å². The Morgan fingerprint density at radius 2 is 2.00 bits per heavy atom. The standard InChI is InChI=1S/C9H8Cl2O3/c1-5(12)14-7-4-3-6(10)8(11)9(7)13-2/h3-4H,1-2H3. The highest BCUT2D eigenvalue weighted by Gasteiger charge is 2.13. The Hall–Kier alpha value is -0.930. The summed E-state index contributed by atoms with van der Waals surface area (Å²) in [6.45, 7) is 1.29. The van der Waals surface area contributed by atoms with Gasteiger partial charge in [-0.15, -0.1) is 0 Å². The molecule has 0 radical (unpaired) electrons. The van der Waals surface area contributed by atoms with Crippen LogP contribution >= 0.6 is 23.2 Å². The average Bonchev–Trinajstić information content (AvgIpc) is 2.11. The molecule has 76 valence electrons. The summed E-state index contributed by atoms with van der Waals surface area (Å²) >= 11 is 11.6. The van der Waals surface area contributed by atoms with E-state index < -0.39 is 5.97 Å². The van der Waals surface area contributed by atoms with E-state index in [1.54, 1.807) is 0 Å². The first-order valence-corrected chi connectivity index (χ1v) is 4.52. The van der Waals surface area contributed by atoms with Crippen molar-refractivity contribution in [3.63, 3.8) is 0 Å². The van der Waals surface area contributed by atoms with Crippen molar-refractivity contribution in [3.05, 3.63) is 22.2 Å². The van der Waals surface area contributed by atoms with Gasteiger partial charge in [-0.25, -0.2) is 0 Å². The summed E-state index contributed by atoms with van der Waals surface area (Å²) in [7, 11) is 1.42. The average molecular weight is 235 g/mol. The van der Waals surface area contributed by atoms with Gasteiger partial charge in [0.05, 0.1) is 12.1 Å². The second-order valence-electron chi connectivity index (χ2n) is 2.49. The number of carbonyl (C=O) groups excluding carboxylic acids is 1. The van der Waals surface area contributed by atoms with Crippen molar-refractivity contribution in [1.82, 2.24) is 0 Å². The maximum Gasteiger partial charge on any atom is 0.308 e. The minimum Gasteiger partial charge on any atom is -0.491 e. The summed E-state index contributed by atoms with van der Waals surface area (Å²) < 4.78 is 9.83. The van der Waals surface area contributed by atoms with Crippen molar-refractivity contribution in [2.24, 2.45) is 0 Å². The fraction of sp³-hybridized carbons (Fsp3) is 0.222. The lowest BCUT2D eigenvalue weighted by Gasteiger charge is -2.09. The zero-order valence-electron chi connectivity index (χ0n) is 7.64. The summed E-state index contributed by atoms with van der Waals surface area (Å²) in [4.78, 5) is 10.7. The summed E-state index contributed by atoms with van der Waals surface area (Å²) in [5, 5.41) is 0.576. The minimum atomic E-state index is -0.443. The number of halogens is 2. The molecule has 14 heavy (non-hydrogen) atoms. The lowest BCUT2D eigenvalue weighted by Crippen LogP contribution is -2.03. The van der Waals surface area contributed by atoms with Crippen LogP contribution in [0.5, 0.6) is 11.5 Å². The fourth-order valence-electron chi connectivity index (χ4n) is 0.940. The summed E-state index contributed by atoms with van der Waals surface area (Å²) in [6.07, 6.45) is 0. The molecular formula is C9H8Cl2O3. The molecule has 0 fully saturated rings. The van der Waals surface area contributed by atoms with E-state index in [9.17, 15) is 4.79 Å². The Morgan fingerprint density at radius 3 is 2.50 bits per heavy atom. The SMILES string of the molecule is COc1c(OC(C)=O)ccc(Cl)c1Cl. The Balaban J connectivity index is 3.17. The van der Waals surface area contributed by atoms with E-state index in [2.05, 4.69) is 0 Å². The summed E-state index contributed by atoms with van der Waals surface area (Å²) in [5.41, 5.74) is 0. The quantitative estimate of drug-likeness (QED) is 0.584. The predicted molar refractivity (Wildman–Crippen MR) is 54.3 cm³/mol. The molecule has 1 aromatic rings. The second kappa shape index (κ2) is 4.53. The van der Waals surface area contributed by atoms with E-state index in [0.717, 1.165) is 0 Å². The Labute approximate surface area is 91.5 Å². The van der Waals surface area contributed by atoms with Crippen LogP contribution in [0.15, 0.2) is 12.1 Å². The number of carbonyl (C=O) groups is 1. The Kier molecular flexibility index (Phi) is 3.61. The Bertz CT molecular complexity index is 363. The molecule has 0 heterocycles. The molecule has 0 saturated carbocycles. The van der Waals surface area contributed by atoms with Gasteiger partial charge in [-0.05, 0) is 12.1 Å². The van der Waals surface area contributed by atoms with Gasteiger partial charge in [-0.3, -0.25) is 4.79 Å². The van der Waals surface area contributed by atoms with Gasteiger partial charge < -0.3 is 9.47 Å². The van der Waals surface area contributed by atoms with Crippen LogP contribution in [0.3, 0.4) is 0 Å². The van der Waals surface area contributed by atoms with E-state index >= 15 is 0 Å². The van der Waals surface area contributed by atoms with Gasteiger partial charge in [0.1, 0.15) is 5.02 Å². The highest BCUT2D eigenvalue weighted by molar-refractivity contribution is 6.43. The third-order valence-electron chi connectivity index (χ3n) is 1.47. The largest absolute Gasteiger partial charge is 0.491 e. The van der Waals surface area contributed by atoms with Crippen molar-refractivity contribution in [2.45, 2.75) is 6.92 Å². The van der Waals surface area contributed by atoms with Gasteiger partial charge in [-0.2, -0.15) is 0 Å². The van der Waals surface area contributed by atoms with E-state index in [1.807, 2.05) is 0 Å². The molecule has 5 heteroatoms. The molecule has 1 rings (SSSR count). The Morgan fingerprint density at radius 1 is 1.36 bits per heavy atom. The molecule has 0 bridgehead atoms. The van der Waals surface area contributed by atoms with Gasteiger partial charge in [-0.1, -0.05) is 23.2 Å². The predicted octanol–water partition coefficient (Wildman–Crippen LogP) is 2.93. The van der Waals surface area contributed by atoms with E-state index in [0.29, 0.717) is 5.02 Å². The maximum atomic E-state index is 10.7. The number of hydrogen-bond acceptors (Lipinski definition) is 3. The molecule has 0 aliphatic carbocycles. The molecule has 0 aromatic heterocycles. The molecule has 1 aromatic carbocycles. The molecular weight excluding hydrogens is 227 g/mol. The van der Waals surface area contributed by atoms with Crippen LogP contribution < -0.4 is 9.47 Å². The van der Waals surface area contributed by atoms with Gasteiger partial charge in [0, 0.05) is 6.92 Å². The topological polar surface area (TPSA) is 35.5 Å². The monoisotopic (exact) mass is 234 g/mol. The normalized spacial score (nSPS) is 9.71. The minimum absolute atomic E-state index is 0.230. The molecule has 0 aliphatic heterocycles. The van der Waals surface area contributed by atoms with Gasteiger partial charge >= 0.3 is 5.97 Å². The number of benzene rings is 1. The molecule has 0 N–H and O–H groups in total. The van der Waals surface area contributed by atoms with E-state index in [4.69, 9.17) is 32.7 Å². The van der Waals surface area contributed by atoms with Crippen molar-refractivity contribution < 1.29 is 14.3 Å². The van der Waals surface area contributed by atoms with Crippen LogP contribution in [0.2, 0.25) is 10.0 Å². The van der Waals surface area contributed by atoms with Crippen LogP contribution in [-0.4, -0.2) is 13.1 Å². The number of rotatable bonds is 2. The fourth-order valence-corrected chi connectivity index (χ4v) is 1.32. The number of esters is 1. The van der Waals surface area contributed by atoms with Crippen LogP contribution in [0.25, 0.3) is 0 Å². The zero-order valence-corrected chi connectivity index (χ0v) is 9.15. The van der Waals surface area contributed by atoms with Crippen molar-refractivity contribution in [1.29, 1.82) is 0 Å². The highest BCUT2D eigenvalue weighted by Crippen LogP contribution is 2.39.